The number of benzene rings is 1. The van der Waals surface area contributed by atoms with Gasteiger partial charge in [0.1, 0.15) is 0 Å². The van der Waals surface area contributed by atoms with Crippen molar-refractivity contribution in [2.45, 2.75) is 27.2 Å². The Hall–Kier alpha value is -0.860. The summed E-state index contributed by atoms with van der Waals surface area (Å²) in [5, 5.41) is 9.19. The molecule has 0 saturated carbocycles. The van der Waals surface area contributed by atoms with Crippen LogP contribution in [0.2, 0.25) is 0 Å². The van der Waals surface area contributed by atoms with E-state index in [0.717, 1.165) is 6.42 Å². The predicted octanol–water partition coefficient (Wildman–Crippen LogP) is 2.05. The third-order valence-electron chi connectivity index (χ3n) is 3.47. The van der Waals surface area contributed by atoms with Gasteiger partial charge in [0.25, 0.3) is 0 Å². The molecule has 3 N–H and O–H groups in total. The summed E-state index contributed by atoms with van der Waals surface area (Å²) in [5.74, 6) is 0.638. The molecule has 0 aromatic heterocycles. The molecule has 0 bridgehead atoms. The summed E-state index contributed by atoms with van der Waals surface area (Å²) in [6, 6.07) is 6.56. The first-order valence-electron chi connectivity index (χ1n) is 5.95. The van der Waals surface area contributed by atoms with Crippen LogP contribution in [0.5, 0.6) is 0 Å². The van der Waals surface area contributed by atoms with Crippen molar-refractivity contribution >= 4 is 0 Å². The van der Waals surface area contributed by atoms with Gasteiger partial charge in [-0.2, -0.15) is 0 Å². The monoisotopic (exact) mass is 221 g/mol. The van der Waals surface area contributed by atoms with Gasteiger partial charge in [-0.15, -0.1) is 0 Å². The van der Waals surface area contributed by atoms with Crippen LogP contribution in [0.3, 0.4) is 0 Å². The average molecular weight is 221 g/mol. The van der Waals surface area contributed by atoms with Crippen LogP contribution in [0.1, 0.15) is 23.6 Å². The van der Waals surface area contributed by atoms with E-state index < -0.39 is 0 Å². The summed E-state index contributed by atoms with van der Waals surface area (Å²) in [5.41, 5.74) is 9.63. The highest BCUT2D eigenvalue weighted by molar-refractivity contribution is 5.30. The molecule has 1 rings (SSSR count). The molecule has 0 heterocycles. The molecule has 0 spiro atoms. The van der Waals surface area contributed by atoms with Crippen LogP contribution >= 0.6 is 0 Å². The van der Waals surface area contributed by atoms with Crippen LogP contribution in [-0.2, 0) is 6.42 Å². The van der Waals surface area contributed by atoms with Crippen LogP contribution in [0.15, 0.2) is 18.2 Å². The van der Waals surface area contributed by atoms with Crippen molar-refractivity contribution in [3.8, 4) is 0 Å². The van der Waals surface area contributed by atoms with E-state index in [-0.39, 0.29) is 12.5 Å². The topological polar surface area (TPSA) is 46.2 Å². The fourth-order valence-corrected chi connectivity index (χ4v) is 1.96. The largest absolute Gasteiger partial charge is 0.396 e. The molecule has 0 aliphatic carbocycles. The van der Waals surface area contributed by atoms with Gasteiger partial charge in [-0.25, -0.2) is 0 Å². The minimum atomic E-state index is 0.183. The highest BCUT2D eigenvalue weighted by Gasteiger charge is 2.15. The summed E-state index contributed by atoms with van der Waals surface area (Å²) in [6.07, 6.45) is 0.990. The van der Waals surface area contributed by atoms with E-state index in [2.05, 4.69) is 39.0 Å². The Kier molecular flexibility index (Phi) is 4.97. The third kappa shape index (κ3) is 3.32. The van der Waals surface area contributed by atoms with Gasteiger partial charge in [0.2, 0.25) is 0 Å². The van der Waals surface area contributed by atoms with Crippen LogP contribution in [0.4, 0.5) is 0 Å². The molecule has 0 fully saturated rings. The van der Waals surface area contributed by atoms with Crippen molar-refractivity contribution in [1.82, 2.24) is 0 Å². The third-order valence-corrected chi connectivity index (χ3v) is 3.47. The van der Waals surface area contributed by atoms with E-state index in [1.807, 2.05) is 0 Å². The second-order valence-electron chi connectivity index (χ2n) is 4.78. The molecule has 0 saturated heterocycles. The lowest BCUT2D eigenvalue weighted by Gasteiger charge is -2.20. The molecule has 90 valence electrons. The van der Waals surface area contributed by atoms with Gasteiger partial charge in [-0.1, -0.05) is 25.1 Å². The zero-order chi connectivity index (χ0) is 12.1. The maximum absolute atomic E-state index is 9.19. The number of aryl methyl sites for hydroxylation is 2. The van der Waals surface area contributed by atoms with Gasteiger partial charge in [0.15, 0.2) is 0 Å². The lowest BCUT2D eigenvalue weighted by molar-refractivity contribution is 0.187. The molecule has 2 nitrogen and oxygen atoms in total. The normalized spacial score (nSPS) is 14.8. The first-order valence-corrected chi connectivity index (χ1v) is 5.95. The highest BCUT2D eigenvalue weighted by atomic mass is 16.3. The second-order valence-corrected chi connectivity index (χ2v) is 4.78. The van der Waals surface area contributed by atoms with Crippen LogP contribution < -0.4 is 5.73 Å². The summed E-state index contributed by atoms with van der Waals surface area (Å²) in [4.78, 5) is 0. The number of nitrogens with two attached hydrogens (primary N) is 1. The fourth-order valence-electron chi connectivity index (χ4n) is 1.96. The van der Waals surface area contributed by atoms with Gasteiger partial charge in [0.05, 0.1) is 0 Å². The standard InChI is InChI=1S/C14H23NO/c1-10-4-5-13(6-11(10)2)7-12(3)14(8-15)9-16/h4-6,12,14,16H,7-9,15H2,1-3H3. The molecule has 0 radical (unpaired) electrons. The van der Waals surface area contributed by atoms with Crippen molar-refractivity contribution in [3.05, 3.63) is 34.9 Å². The Bertz CT molecular complexity index is 332. The lowest BCUT2D eigenvalue weighted by atomic mass is 9.88. The highest BCUT2D eigenvalue weighted by Crippen LogP contribution is 2.18. The molecule has 0 aliphatic heterocycles. The Labute approximate surface area is 98.5 Å². The molecule has 1 aromatic rings. The van der Waals surface area contributed by atoms with E-state index in [0.29, 0.717) is 12.5 Å². The van der Waals surface area contributed by atoms with Crippen LogP contribution in [-0.4, -0.2) is 18.3 Å². The maximum Gasteiger partial charge on any atom is 0.0474 e. The molecular formula is C14H23NO. The minimum Gasteiger partial charge on any atom is -0.396 e. The van der Waals surface area contributed by atoms with Crippen molar-refractivity contribution in [2.24, 2.45) is 17.6 Å². The Balaban J connectivity index is 2.69. The van der Waals surface area contributed by atoms with Crippen LogP contribution in [0, 0.1) is 25.7 Å². The predicted molar refractivity (Wildman–Crippen MR) is 68.4 cm³/mol. The fraction of sp³-hybridized carbons (Fsp3) is 0.571. The van der Waals surface area contributed by atoms with Crippen molar-refractivity contribution in [2.75, 3.05) is 13.2 Å². The Morgan fingerprint density at radius 1 is 1.25 bits per heavy atom. The summed E-state index contributed by atoms with van der Waals surface area (Å²) < 4.78 is 0. The number of hydrogen-bond donors (Lipinski definition) is 2. The quantitative estimate of drug-likeness (QED) is 0.799. The van der Waals surface area contributed by atoms with Crippen LogP contribution in [0.25, 0.3) is 0 Å². The Morgan fingerprint density at radius 2 is 1.94 bits per heavy atom. The average Bonchev–Trinajstić information content (AvgIpc) is 2.25. The summed E-state index contributed by atoms with van der Waals surface area (Å²) in [7, 11) is 0. The molecular weight excluding hydrogens is 198 g/mol. The zero-order valence-electron chi connectivity index (χ0n) is 10.5. The zero-order valence-corrected chi connectivity index (χ0v) is 10.5. The van der Waals surface area contributed by atoms with Gasteiger partial charge in [-0.3, -0.25) is 0 Å². The van der Waals surface area contributed by atoms with Crippen molar-refractivity contribution < 1.29 is 5.11 Å². The molecule has 2 atom stereocenters. The first kappa shape index (κ1) is 13.2. The maximum atomic E-state index is 9.19. The molecule has 1 aromatic carbocycles. The number of hydrogen-bond acceptors (Lipinski definition) is 2. The second kappa shape index (κ2) is 6.02. The summed E-state index contributed by atoms with van der Waals surface area (Å²) >= 11 is 0. The molecule has 2 heteroatoms. The number of aliphatic hydroxyl groups excluding tert-OH is 1. The number of rotatable bonds is 5. The SMILES string of the molecule is Cc1ccc(CC(C)C(CN)CO)cc1C. The minimum absolute atomic E-state index is 0.183. The van der Waals surface area contributed by atoms with E-state index in [1.54, 1.807) is 0 Å². The molecule has 0 amide bonds. The van der Waals surface area contributed by atoms with E-state index in [9.17, 15) is 5.11 Å². The van der Waals surface area contributed by atoms with Crippen molar-refractivity contribution in [1.29, 1.82) is 0 Å². The van der Waals surface area contributed by atoms with E-state index >= 15 is 0 Å². The summed E-state index contributed by atoms with van der Waals surface area (Å²) in [6.45, 7) is 7.16. The van der Waals surface area contributed by atoms with Gasteiger partial charge in [-0.05, 0) is 55.3 Å². The van der Waals surface area contributed by atoms with Gasteiger partial charge < -0.3 is 10.8 Å². The van der Waals surface area contributed by atoms with Gasteiger partial charge in [0, 0.05) is 6.61 Å². The molecule has 16 heavy (non-hydrogen) atoms. The Morgan fingerprint density at radius 3 is 2.44 bits per heavy atom. The lowest BCUT2D eigenvalue weighted by Crippen LogP contribution is -2.26. The van der Waals surface area contributed by atoms with Gasteiger partial charge >= 0.3 is 0 Å². The van der Waals surface area contributed by atoms with E-state index in [1.165, 1.54) is 16.7 Å². The van der Waals surface area contributed by atoms with E-state index in [4.69, 9.17) is 5.73 Å². The smallest absolute Gasteiger partial charge is 0.0474 e. The number of aliphatic hydroxyl groups is 1. The first-order chi connectivity index (χ1) is 7.58. The van der Waals surface area contributed by atoms with Crippen molar-refractivity contribution in [3.63, 3.8) is 0 Å². The molecule has 0 aliphatic rings. The molecule has 2 unspecified atom stereocenters.